The van der Waals surface area contributed by atoms with Crippen LogP contribution >= 0.6 is 0 Å². The molecule has 0 saturated heterocycles. The van der Waals surface area contributed by atoms with Crippen molar-refractivity contribution < 1.29 is 9.90 Å². The lowest BCUT2D eigenvalue weighted by Crippen LogP contribution is -2.40. The molecule has 13 heavy (non-hydrogen) atoms. The summed E-state index contributed by atoms with van der Waals surface area (Å²) in [6, 6.07) is -0.605. The zero-order valence-electron chi connectivity index (χ0n) is 7.34. The van der Waals surface area contributed by atoms with Crippen molar-refractivity contribution in [2.75, 3.05) is 6.54 Å². The van der Waals surface area contributed by atoms with Gasteiger partial charge in [-0.25, -0.2) is 4.98 Å². The van der Waals surface area contributed by atoms with Gasteiger partial charge in [0.2, 0.25) is 0 Å². The van der Waals surface area contributed by atoms with E-state index in [0.29, 0.717) is 13.1 Å². The molecule has 0 aromatic carbocycles. The van der Waals surface area contributed by atoms with Crippen LogP contribution in [0.2, 0.25) is 0 Å². The van der Waals surface area contributed by atoms with Crippen molar-refractivity contribution in [3.63, 3.8) is 0 Å². The number of hydrogen-bond donors (Lipinski definition) is 2. The number of likely N-dealkylation sites (N-methyl/N-ethyl adjacent to an activating group) is 1. The van der Waals surface area contributed by atoms with Crippen LogP contribution in [0.4, 0.5) is 0 Å². The van der Waals surface area contributed by atoms with Crippen LogP contribution in [0.5, 0.6) is 0 Å². The molecule has 0 fully saturated rings. The molecule has 1 rings (SSSR count). The first-order valence-electron chi connectivity index (χ1n) is 4.02. The van der Waals surface area contributed by atoms with E-state index in [1.54, 1.807) is 0 Å². The number of carbonyl (C=O) groups is 1. The van der Waals surface area contributed by atoms with Crippen LogP contribution in [0.25, 0.3) is 0 Å². The summed E-state index contributed by atoms with van der Waals surface area (Å²) in [5.41, 5.74) is 0. The minimum atomic E-state index is -0.877. The van der Waals surface area contributed by atoms with E-state index in [0.717, 1.165) is 0 Å². The summed E-state index contributed by atoms with van der Waals surface area (Å²) in [7, 11) is 0. The molecule has 1 heterocycles. The number of carboxylic acids is 1. The minimum absolute atomic E-state index is 0.295. The molecular weight excluding hydrogens is 172 g/mol. The maximum absolute atomic E-state index is 10.7. The van der Waals surface area contributed by atoms with Crippen LogP contribution in [0.1, 0.15) is 6.92 Å². The smallest absolute Gasteiger partial charge is 0.322 e. The van der Waals surface area contributed by atoms with E-state index in [-0.39, 0.29) is 0 Å². The molecule has 0 radical (unpaired) electrons. The molecule has 0 aliphatic heterocycles. The Morgan fingerprint density at radius 2 is 2.54 bits per heavy atom. The van der Waals surface area contributed by atoms with Crippen LogP contribution in [0.15, 0.2) is 12.7 Å². The van der Waals surface area contributed by atoms with Crippen molar-refractivity contribution in [1.29, 1.82) is 0 Å². The molecule has 1 aromatic rings. The van der Waals surface area contributed by atoms with E-state index in [9.17, 15) is 4.79 Å². The summed E-state index contributed by atoms with van der Waals surface area (Å²) in [6.45, 7) is 2.77. The largest absolute Gasteiger partial charge is 0.480 e. The highest BCUT2D eigenvalue weighted by Crippen LogP contribution is 1.89. The van der Waals surface area contributed by atoms with Gasteiger partial charge >= 0.3 is 5.97 Å². The molecule has 6 nitrogen and oxygen atoms in total. The van der Waals surface area contributed by atoms with Gasteiger partial charge in [0, 0.05) is 0 Å². The second kappa shape index (κ2) is 4.56. The summed E-state index contributed by atoms with van der Waals surface area (Å²) in [4.78, 5) is 14.4. The zero-order valence-corrected chi connectivity index (χ0v) is 7.34. The number of hydrogen-bond acceptors (Lipinski definition) is 4. The Morgan fingerprint density at radius 3 is 3.00 bits per heavy atom. The van der Waals surface area contributed by atoms with Gasteiger partial charge < -0.3 is 10.4 Å². The summed E-state index contributed by atoms with van der Waals surface area (Å²) < 4.78 is 1.49. The lowest BCUT2D eigenvalue weighted by molar-refractivity contribution is -0.139. The SMILES string of the molecule is CCNC(Cn1cncn1)C(=O)O. The van der Waals surface area contributed by atoms with Gasteiger partial charge in [-0.1, -0.05) is 6.92 Å². The molecule has 0 bridgehead atoms. The first kappa shape index (κ1) is 9.66. The van der Waals surface area contributed by atoms with Gasteiger partial charge in [0.15, 0.2) is 0 Å². The van der Waals surface area contributed by atoms with Crippen molar-refractivity contribution in [3.8, 4) is 0 Å². The fourth-order valence-corrected chi connectivity index (χ4v) is 0.990. The van der Waals surface area contributed by atoms with Gasteiger partial charge in [-0.2, -0.15) is 5.10 Å². The van der Waals surface area contributed by atoms with Crippen LogP contribution in [-0.4, -0.2) is 38.4 Å². The van der Waals surface area contributed by atoms with E-state index in [4.69, 9.17) is 5.11 Å². The standard InChI is InChI=1S/C7H12N4O2/c1-2-9-6(7(12)13)3-11-5-8-4-10-11/h4-6,9H,2-3H2,1H3,(H,12,13). The number of rotatable bonds is 5. The quantitative estimate of drug-likeness (QED) is 0.635. The molecule has 1 atom stereocenters. The van der Waals surface area contributed by atoms with Crippen LogP contribution in [0.3, 0.4) is 0 Å². The van der Waals surface area contributed by atoms with Crippen molar-refractivity contribution in [2.45, 2.75) is 19.5 Å². The molecule has 6 heteroatoms. The molecule has 1 aromatic heterocycles. The third kappa shape index (κ3) is 2.83. The van der Waals surface area contributed by atoms with Crippen molar-refractivity contribution in [3.05, 3.63) is 12.7 Å². The normalized spacial score (nSPS) is 12.7. The average molecular weight is 184 g/mol. The molecular formula is C7H12N4O2. The van der Waals surface area contributed by atoms with E-state index in [2.05, 4.69) is 15.4 Å². The number of aliphatic carboxylic acids is 1. The summed E-state index contributed by atoms with van der Waals surface area (Å²) in [5.74, 6) is -0.877. The van der Waals surface area contributed by atoms with Crippen molar-refractivity contribution >= 4 is 5.97 Å². The van der Waals surface area contributed by atoms with Gasteiger partial charge in [0.25, 0.3) is 0 Å². The lowest BCUT2D eigenvalue weighted by atomic mass is 10.3. The predicted molar refractivity (Wildman–Crippen MR) is 45.1 cm³/mol. The number of aromatic nitrogens is 3. The molecule has 72 valence electrons. The maximum Gasteiger partial charge on any atom is 0.322 e. The fourth-order valence-electron chi connectivity index (χ4n) is 0.990. The van der Waals surface area contributed by atoms with E-state index in [1.165, 1.54) is 17.3 Å². The van der Waals surface area contributed by atoms with Gasteiger partial charge in [0.05, 0.1) is 6.54 Å². The lowest BCUT2D eigenvalue weighted by Gasteiger charge is -2.11. The molecule has 0 saturated carbocycles. The molecule has 0 amide bonds. The number of nitrogens with one attached hydrogen (secondary N) is 1. The Bertz CT molecular complexity index is 259. The number of nitrogens with zero attached hydrogens (tertiary/aromatic N) is 3. The highest BCUT2D eigenvalue weighted by atomic mass is 16.4. The van der Waals surface area contributed by atoms with Crippen LogP contribution in [0, 0.1) is 0 Å². The Hall–Kier alpha value is -1.43. The fraction of sp³-hybridized carbons (Fsp3) is 0.571. The number of carboxylic acid groups (broad SMARTS) is 1. The Balaban J connectivity index is 2.52. The maximum atomic E-state index is 10.7. The molecule has 0 spiro atoms. The van der Waals surface area contributed by atoms with Gasteiger partial charge in [0.1, 0.15) is 18.7 Å². The van der Waals surface area contributed by atoms with E-state index >= 15 is 0 Å². The van der Waals surface area contributed by atoms with Gasteiger partial charge in [-0.15, -0.1) is 0 Å². The predicted octanol–water partition coefficient (Wildman–Crippen LogP) is -0.659. The molecule has 1 unspecified atom stereocenters. The van der Waals surface area contributed by atoms with Crippen molar-refractivity contribution in [1.82, 2.24) is 20.1 Å². The van der Waals surface area contributed by atoms with Crippen molar-refractivity contribution in [2.24, 2.45) is 0 Å². The molecule has 0 aliphatic carbocycles. The highest BCUT2D eigenvalue weighted by molar-refractivity contribution is 5.73. The Morgan fingerprint density at radius 1 is 1.77 bits per heavy atom. The monoisotopic (exact) mass is 184 g/mol. The first-order valence-corrected chi connectivity index (χ1v) is 4.02. The van der Waals surface area contributed by atoms with Gasteiger partial charge in [-0.05, 0) is 6.54 Å². The van der Waals surface area contributed by atoms with Crippen LogP contribution < -0.4 is 5.32 Å². The Labute approximate surface area is 75.6 Å². The highest BCUT2D eigenvalue weighted by Gasteiger charge is 2.16. The third-order valence-electron chi connectivity index (χ3n) is 1.58. The minimum Gasteiger partial charge on any atom is -0.480 e. The van der Waals surface area contributed by atoms with E-state index in [1.807, 2.05) is 6.92 Å². The second-order valence-electron chi connectivity index (χ2n) is 2.57. The molecule has 0 aliphatic rings. The van der Waals surface area contributed by atoms with Crippen LogP contribution in [-0.2, 0) is 11.3 Å². The average Bonchev–Trinajstić information content (AvgIpc) is 2.56. The summed E-state index contributed by atoms with van der Waals surface area (Å²) >= 11 is 0. The summed E-state index contributed by atoms with van der Waals surface area (Å²) in [6.07, 6.45) is 2.87. The Kier molecular flexibility index (Phi) is 3.39. The first-order chi connectivity index (χ1) is 6.24. The topological polar surface area (TPSA) is 80.0 Å². The zero-order chi connectivity index (χ0) is 9.68. The molecule has 2 N–H and O–H groups in total. The van der Waals surface area contributed by atoms with Gasteiger partial charge in [-0.3, -0.25) is 9.48 Å². The summed E-state index contributed by atoms with van der Waals surface area (Å²) in [5, 5.41) is 15.4. The second-order valence-corrected chi connectivity index (χ2v) is 2.57. The third-order valence-corrected chi connectivity index (χ3v) is 1.58. The van der Waals surface area contributed by atoms with E-state index < -0.39 is 12.0 Å².